The smallest absolute Gasteiger partial charge is 0.315 e. The lowest BCUT2D eigenvalue weighted by molar-refractivity contribution is 0.172. The summed E-state index contributed by atoms with van der Waals surface area (Å²) in [5, 5.41) is 22.6. The number of hydrogen-bond donors (Lipinski definition) is 3. The molecule has 1 heterocycles. The molecule has 1 aromatic carbocycles. The maximum atomic E-state index is 13.1. The van der Waals surface area contributed by atoms with Gasteiger partial charge in [0.2, 0.25) is 0 Å². The molecule has 0 bridgehead atoms. The Hall–Kier alpha value is -2.55. The summed E-state index contributed by atoms with van der Waals surface area (Å²) >= 11 is 0. The topological polar surface area (TPSA) is 92.1 Å². The largest absolute Gasteiger partial charge is 0.387 e. The number of rotatable bonds is 5. The van der Waals surface area contributed by atoms with Crippen molar-refractivity contribution in [3.05, 3.63) is 47.5 Å². The van der Waals surface area contributed by atoms with E-state index in [1.165, 1.54) is 12.4 Å². The van der Waals surface area contributed by atoms with E-state index >= 15 is 0 Å². The third-order valence-corrected chi connectivity index (χ3v) is 3.27. The molecule has 0 aliphatic carbocycles. The normalized spacial score (nSPS) is 13.4. The van der Waals surface area contributed by atoms with E-state index in [-0.39, 0.29) is 18.2 Å². The van der Waals surface area contributed by atoms with E-state index < -0.39 is 23.8 Å². The minimum absolute atomic E-state index is 0.150. The summed E-state index contributed by atoms with van der Waals surface area (Å²) < 4.78 is 27.6. The number of carbonyl (C=O) groups is 1. The average molecular weight is 325 g/mol. The average Bonchev–Trinajstić information content (AvgIpc) is 2.93. The van der Waals surface area contributed by atoms with Crippen LogP contribution in [0.25, 0.3) is 0 Å². The molecule has 9 heteroatoms. The number of nitrogens with one attached hydrogen (secondary N) is 2. The summed E-state index contributed by atoms with van der Waals surface area (Å²) in [7, 11) is 1.75. The number of urea groups is 1. The van der Waals surface area contributed by atoms with Crippen molar-refractivity contribution >= 4 is 6.03 Å². The molecule has 2 atom stereocenters. The van der Waals surface area contributed by atoms with Gasteiger partial charge in [-0.2, -0.15) is 0 Å². The van der Waals surface area contributed by atoms with Crippen LogP contribution in [0, 0.1) is 11.6 Å². The quantitative estimate of drug-likeness (QED) is 0.770. The van der Waals surface area contributed by atoms with Crippen LogP contribution in [-0.2, 0) is 7.05 Å². The van der Waals surface area contributed by atoms with Crippen molar-refractivity contribution in [2.24, 2.45) is 7.05 Å². The van der Waals surface area contributed by atoms with E-state index in [9.17, 15) is 18.7 Å². The Balaban J connectivity index is 1.86. The van der Waals surface area contributed by atoms with Crippen molar-refractivity contribution in [1.82, 2.24) is 25.4 Å². The van der Waals surface area contributed by atoms with Gasteiger partial charge < -0.3 is 20.3 Å². The fourth-order valence-corrected chi connectivity index (χ4v) is 2.02. The van der Waals surface area contributed by atoms with Gasteiger partial charge in [-0.1, -0.05) is 6.07 Å². The van der Waals surface area contributed by atoms with Crippen LogP contribution >= 0.6 is 0 Å². The van der Waals surface area contributed by atoms with Crippen molar-refractivity contribution in [2.45, 2.75) is 19.1 Å². The van der Waals surface area contributed by atoms with Gasteiger partial charge in [0.25, 0.3) is 0 Å². The van der Waals surface area contributed by atoms with Gasteiger partial charge in [0, 0.05) is 13.6 Å². The minimum atomic E-state index is -1.15. The van der Waals surface area contributed by atoms with Crippen molar-refractivity contribution in [3.63, 3.8) is 0 Å². The second-order valence-corrected chi connectivity index (χ2v) is 5.07. The van der Waals surface area contributed by atoms with E-state index in [1.54, 1.807) is 18.5 Å². The minimum Gasteiger partial charge on any atom is -0.387 e. The lowest BCUT2D eigenvalue weighted by atomic mass is 10.1. The van der Waals surface area contributed by atoms with Gasteiger partial charge in [-0.25, -0.2) is 13.6 Å². The number of halogens is 2. The zero-order valence-corrected chi connectivity index (χ0v) is 12.6. The number of carbonyl (C=O) groups excluding carboxylic acids is 1. The van der Waals surface area contributed by atoms with E-state index in [0.717, 1.165) is 12.1 Å². The number of amides is 2. The number of aromatic nitrogens is 3. The molecule has 0 saturated heterocycles. The van der Waals surface area contributed by atoms with Gasteiger partial charge >= 0.3 is 6.03 Å². The van der Waals surface area contributed by atoms with Crippen molar-refractivity contribution in [1.29, 1.82) is 0 Å². The molecule has 0 unspecified atom stereocenters. The molecule has 124 valence electrons. The first-order valence-electron chi connectivity index (χ1n) is 6.89. The van der Waals surface area contributed by atoms with Crippen LogP contribution in [0.1, 0.15) is 30.5 Å². The van der Waals surface area contributed by atoms with Crippen LogP contribution in [0.3, 0.4) is 0 Å². The fraction of sp³-hybridized carbons (Fsp3) is 0.357. The number of aliphatic hydroxyl groups is 1. The fourth-order valence-electron chi connectivity index (χ4n) is 2.02. The van der Waals surface area contributed by atoms with Crippen LogP contribution in [0.2, 0.25) is 0 Å². The Morgan fingerprint density at radius 3 is 2.74 bits per heavy atom. The summed E-state index contributed by atoms with van der Waals surface area (Å²) in [6.45, 7) is 1.58. The summed E-state index contributed by atoms with van der Waals surface area (Å²) in [4.78, 5) is 11.8. The zero-order valence-electron chi connectivity index (χ0n) is 12.6. The summed E-state index contributed by atoms with van der Waals surface area (Å²) in [5.74, 6) is -1.48. The van der Waals surface area contributed by atoms with Crippen LogP contribution in [0.5, 0.6) is 0 Å². The Kier molecular flexibility index (Phi) is 5.22. The second-order valence-electron chi connectivity index (χ2n) is 5.07. The first-order chi connectivity index (χ1) is 10.9. The summed E-state index contributed by atoms with van der Waals surface area (Å²) in [6.07, 6.45) is 0.360. The predicted molar refractivity (Wildman–Crippen MR) is 77.3 cm³/mol. The first kappa shape index (κ1) is 16.8. The molecule has 7 nitrogen and oxygen atoms in total. The van der Waals surface area contributed by atoms with E-state index in [4.69, 9.17) is 0 Å². The SMILES string of the molecule is C[C@@H](NC(=O)NC[C@H](O)c1ccc(F)c(F)c1)c1nncn1C. The maximum Gasteiger partial charge on any atom is 0.315 e. The highest BCUT2D eigenvalue weighted by atomic mass is 19.2. The highest BCUT2D eigenvalue weighted by molar-refractivity contribution is 5.74. The molecule has 23 heavy (non-hydrogen) atoms. The van der Waals surface area contributed by atoms with Gasteiger partial charge in [-0.05, 0) is 24.6 Å². The molecule has 2 amide bonds. The van der Waals surface area contributed by atoms with Gasteiger partial charge in [-0.15, -0.1) is 10.2 Å². The van der Waals surface area contributed by atoms with Gasteiger partial charge in [0.1, 0.15) is 6.33 Å². The Morgan fingerprint density at radius 2 is 2.13 bits per heavy atom. The van der Waals surface area contributed by atoms with Gasteiger partial charge in [0.05, 0.1) is 12.1 Å². The van der Waals surface area contributed by atoms with Crippen molar-refractivity contribution in [2.75, 3.05) is 6.54 Å². The molecular weight excluding hydrogens is 308 g/mol. The Labute approximate surface area is 131 Å². The van der Waals surface area contributed by atoms with E-state index in [2.05, 4.69) is 20.8 Å². The zero-order chi connectivity index (χ0) is 17.0. The monoisotopic (exact) mass is 325 g/mol. The van der Waals surface area contributed by atoms with Crippen molar-refractivity contribution < 1.29 is 18.7 Å². The highest BCUT2D eigenvalue weighted by Gasteiger charge is 2.16. The number of hydrogen-bond acceptors (Lipinski definition) is 4. The Bertz CT molecular complexity index is 692. The molecule has 2 rings (SSSR count). The first-order valence-corrected chi connectivity index (χ1v) is 6.89. The molecule has 0 spiro atoms. The maximum absolute atomic E-state index is 13.1. The number of aliphatic hydroxyl groups excluding tert-OH is 1. The molecule has 1 aromatic heterocycles. The highest BCUT2D eigenvalue weighted by Crippen LogP contribution is 2.15. The molecule has 0 aliphatic rings. The molecule has 0 aliphatic heterocycles. The second kappa shape index (κ2) is 7.14. The lowest BCUT2D eigenvalue weighted by Gasteiger charge is -2.16. The molecule has 3 N–H and O–H groups in total. The van der Waals surface area contributed by atoms with Gasteiger partial charge in [-0.3, -0.25) is 0 Å². The number of aryl methyl sites for hydroxylation is 1. The van der Waals surface area contributed by atoms with E-state index in [1.807, 2.05) is 0 Å². The summed E-state index contributed by atoms with van der Waals surface area (Å²) in [5.41, 5.74) is 0.172. The van der Waals surface area contributed by atoms with Crippen molar-refractivity contribution in [3.8, 4) is 0 Å². The lowest BCUT2D eigenvalue weighted by Crippen LogP contribution is -2.39. The summed E-state index contributed by atoms with van der Waals surface area (Å²) in [6, 6.07) is 2.15. The molecule has 2 aromatic rings. The molecule has 0 fully saturated rings. The molecule has 0 radical (unpaired) electrons. The third kappa shape index (κ3) is 4.22. The number of nitrogens with zero attached hydrogens (tertiary/aromatic N) is 3. The van der Waals surface area contributed by atoms with Crippen LogP contribution in [-0.4, -0.2) is 32.4 Å². The van der Waals surface area contributed by atoms with Crippen LogP contribution < -0.4 is 10.6 Å². The predicted octanol–water partition coefficient (Wildman–Crippen LogP) is 1.19. The van der Waals surface area contributed by atoms with E-state index in [0.29, 0.717) is 5.82 Å². The van der Waals surface area contributed by atoms with Crippen LogP contribution in [0.4, 0.5) is 13.6 Å². The third-order valence-electron chi connectivity index (χ3n) is 3.27. The molecule has 0 saturated carbocycles. The molecular formula is C14H17F2N5O2. The van der Waals surface area contributed by atoms with Gasteiger partial charge in [0.15, 0.2) is 17.5 Å². The Morgan fingerprint density at radius 1 is 1.39 bits per heavy atom. The standard InChI is InChI=1S/C14H17F2N5O2/c1-8(13-20-18-7-21(13)2)19-14(23)17-6-12(22)9-3-4-10(15)11(16)5-9/h3-5,7-8,12,22H,6H2,1-2H3,(H2,17,19,23)/t8-,12+/m1/s1. The number of benzene rings is 1. The van der Waals surface area contributed by atoms with Crippen LogP contribution in [0.15, 0.2) is 24.5 Å².